The summed E-state index contributed by atoms with van der Waals surface area (Å²) in [6.45, 7) is 2.50. The Hall–Kier alpha value is -2.69. The van der Waals surface area contributed by atoms with Crippen LogP contribution in [0.25, 0.3) is 0 Å². The largest absolute Gasteiger partial charge is 0.478 e. The third-order valence-electron chi connectivity index (χ3n) is 4.52. The number of hydrogen-bond donors (Lipinski definition) is 1. The van der Waals surface area contributed by atoms with Gasteiger partial charge < -0.3 is 10.0 Å². The summed E-state index contributed by atoms with van der Waals surface area (Å²) in [5.74, 6) is -1.25. The molecule has 5 heteroatoms. The maximum Gasteiger partial charge on any atom is 0.335 e. The van der Waals surface area contributed by atoms with Gasteiger partial charge in [0, 0.05) is 6.54 Å². The van der Waals surface area contributed by atoms with E-state index in [2.05, 4.69) is 0 Å². The monoisotopic (exact) mass is 327 g/mol. The molecule has 0 fully saturated rings. The molecule has 124 valence electrons. The van der Waals surface area contributed by atoms with Crippen LogP contribution in [0.4, 0.5) is 4.39 Å². The number of carboxylic acids is 1. The van der Waals surface area contributed by atoms with E-state index in [1.54, 1.807) is 23.1 Å². The van der Waals surface area contributed by atoms with Gasteiger partial charge >= 0.3 is 5.97 Å². The first-order valence-electron chi connectivity index (χ1n) is 7.85. The Bertz CT molecular complexity index is 786. The molecule has 0 spiro atoms. The van der Waals surface area contributed by atoms with Gasteiger partial charge in [-0.15, -0.1) is 0 Å². The lowest BCUT2D eigenvalue weighted by Gasteiger charge is -2.35. The molecule has 1 unspecified atom stereocenters. The van der Waals surface area contributed by atoms with Crippen molar-refractivity contribution in [2.45, 2.75) is 25.8 Å². The Morgan fingerprint density at radius 2 is 1.92 bits per heavy atom. The molecule has 3 rings (SSSR count). The van der Waals surface area contributed by atoms with Crippen LogP contribution in [0.2, 0.25) is 0 Å². The van der Waals surface area contributed by atoms with E-state index in [0.717, 1.165) is 16.7 Å². The summed E-state index contributed by atoms with van der Waals surface area (Å²) < 4.78 is 13.3. The van der Waals surface area contributed by atoms with Crippen LogP contribution in [0.3, 0.4) is 0 Å². The number of amides is 1. The molecule has 2 aromatic rings. The number of carbonyl (C=O) groups is 2. The maximum absolute atomic E-state index is 13.3. The number of aromatic carboxylic acids is 1. The maximum atomic E-state index is 13.3. The summed E-state index contributed by atoms with van der Waals surface area (Å²) in [7, 11) is 0. The van der Waals surface area contributed by atoms with Crippen LogP contribution >= 0.6 is 0 Å². The Morgan fingerprint density at radius 3 is 2.58 bits per heavy atom. The molecular formula is C19H18FNO3. The van der Waals surface area contributed by atoms with Crippen molar-refractivity contribution in [2.75, 3.05) is 6.54 Å². The standard InChI is InChI=1S/C19H18FNO3/c1-12-17-7-6-16(20)11-15(17)8-9-21(12)18(22)10-13-2-4-14(5-3-13)19(23)24/h2-7,11-12H,8-10H2,1H3,(H,23,24). The molecule has 0 aromatic heterocycles. The van der Waals surface area contributed by atoms with Gasteiger partial charge in [-0.05, 0) is 54.3 Å². The molecule has 1 amide bonds. The Kier molecular flexibility index (Phi) is 4.34. The molecular weight excluding hydrogens is 309 g/mol. The Labute approximate surface area is 139 Å². The van der Waals surface area contributed by atoms with Crippen LogP contribution in [0.15, 0.2) is 42.5 Å². The molecule has 1 N–H and O–H groups in total. The van der Waals surface area contributed by atoms with Crippen molar-refractivity contribution in [2.24, 2.45) is 0 Å². The normalized spacial score (nSPS) is 16.6. The minimum atomic E-state index is -0.985. The number of halogens is 1. The van der Waals surface area contributed by atoms with Gasteiger partial charge in [-0.1, -0.05) is 18.2 Å². The summed E-state index contributed by atoms with van der Waals surface area (Å²) in [6.07, 6.45) is 0.863. The topological polar surface area (TPSA) is 57.6 Å². The first kappa shape index (κ1) is 16.2. The molecule has 1 atom stereocenters. The van der Waals surface area contributed by atoms with Crippen LogP contribution < -0.4 is 0 Å². The van der Waals surface area contributed by atoms with Crippen LogP contribution in [0.1, 0.15) is 40.0 Å². The van der Waals surface area contributed by atoms with Crippen molar-refractivity contribution in [3.63, 3.8) is 0 Å². The number of nitrogens with zero attached hydrogens (tertiary/aromatic N) is 1. The summed E-state index contributed by atoms with van der Waals surface area (Å²) in [6, 6.07) is 11.0. The predicted molar refractivity (Wildman–Crippen MR) is 87.3 cm³/mol. The van der Waals surface area contributed by atoms with E-state index in [1.165, 1.54) is 24.3 Å². The minimum Gasteiger partial charge on any atom is -0.478 e. The molecule has 1 heterocycles. The highest BCUT2D eigenvalue weighted by Crippen LogP contribution is 2.30. The second-order valence-corrected chi connectivity index (χ2v) is 6.04. The zero-order valence-corrected chi connectivity index (χ0v) is 13.3. The molecule has 0 bridgehead atoms. The number of benzene rings is 2. The van der Waals surface area contributed by atoms with Gasteiger partial charge in [-0.3, -0.25) is 4.79 Å². The van der Waals surface area contributed by atoms with Gasteiger partial charge in [-0.25, -0.2) is 9.18 Å². The van der Waals surface area contributed by atoms with Gasteiger partial charge in [0.25, 0.3) is 0 Å². The van der Waals surface area contributed by atoms with Crippen molar-refractivity contribution in [3.05, 3.63) is 70.5 Å². The molecule has 0 saturated carbocycles. The van der Waals surface area contributed by atoms with Crippen molar-refractivity contribution >= 4 is 11.9 Å². The van der Waals surface area contributed by atoms with Crippen molar-refractivity contribution in [3.8, 4) is 0 Å². The molecule has 4 nitrogen and oxygen atoms in total. The smallest absolute Gasteiger partial charge is 0.335 e. The third kappa shape index (κ3) is 3.15. The SMILES string of the molecule is CC1c2ccc(F)cc2CCN1C(=O)Cc1ccc(C(=O)O)cc1. The molecule has 2 aromatic carbocycles. The van der Waals surface area contributed by atoms with Crippen molar-refractivity contribution in [1.82, 2.24) is 4.90 Å². The van der Waals surface area contributed by atoms with Crippen molar-refractivity contribution < 1.29 is 19.1 Å². The van der Waals surface area contributed by atoms with E-state index >= 15 is 0 Å². The summed E-state index contributed by atoms with van der Waals surface area (Å²) in [5, 5.41) is 8.91. The van der Waals surface area contributed by atoms with Crippen LogP contribution in [-0.4, -0.2) is 28.4 Å². The summed E-state index contributed by atoms with van der Waals surface area (Å²) in [4.78, 5) is 25.3. The quantitative estimate of drug-likeness (QED) is 0.942. The van der Waals surface area contributed by atoms with E-state index in [1.807, 2.05) is 6.92 Å². The first-order valence-corrected chi connectivity index (χ1v) is 7.85. The number of rotatable bonds is 3. The molecule has 24 heavy (non-hydrogen) atoms. The molecule has 1 aliphatic heterocycles. The molecule has 0 aliphatic carbocycles. The van der Waals surface area contributed by atoms with Gasteiger partial charge in [0.2, 0.25) is 5.91 Å². The Morgan fingerprint density at radius 1 is 1.21 bits per heavy atom. The highest BCUT2D eigenvalue weighted by molar-refractivity contribution is 5.87. The van der Waals surface area contributed by atoms with E-state index in [9.17, 15) is 14.0 Å². The first-order chi connectivity index (χ1) is 11.5. The fourth-order valence-electron chi connectivity index (χ4n) is 3.18. The molecule has 0 saturated heterocycles. The lowest BCUT2D eigenvalue weighted by Crippen LogP contribution is -2.39. The average molecular weight is 327 g/mol. The highest BCUT2D eigenvalue weighted by Gasteiger charge is 2.27. The predicted octanol–water partition coefficient (Wildman–Crippen LogP) is 3.21. The highest BCUT2D eigenvalue weighted by atomic mass is 19.1. The van der Waals surface area contributed by atoms with Gasteiger partial charge in [0.05, 0.1) is 18.0 Å². The summed E-state index contributed by atoms with van der Waals surface area (Å²) >= 11 is 0. The van der Waals surface area contributed by atoms with Crippen LogP contribution in [0.5, 0.6) is 0 Å². The van der Waals surface area contributed by atoms with E-state index < -0.39 is 5.97 Å². The fourth-order valence-corrected chi connectivity index (χ4v) is 3.18. The number of carbonyl (C=O) groups excluding carboxylic acids is 1. The van der Waals surface area contributed by atoms with Crippen molar-refractivity contribution in [1.29, 1.82) is 0 Å². The number of fused-ring (bicyclic) bond motifs is 1. The van der Waals surface area contributed by atoms with E-state index in [-0.39, 0.29) is 29.8 Å². The molecule has 1 aliphatic rings. The van der Waals surface area contributed by atoms with E-state index in [0.29, 0.717) is 13.0 Å². The fraction of sp³-hybridized carbons (Fsp3) is 0.263. The zero-order valence-electron chi connectivity index (χ0n) is 13.3. The van der Waals surface area contributed by atoms with Crippen LogP contribution in [-0.2, 0) is 17.6 Å². The Balaban J connectivity index is 1.73. The second kappa shape index (κ2) is 6.43. The summed E-state index contributed by atoms with van der Waals surface area (Å²) in [5.41, 5.74) is 2.92. The number of hydrogen-bond acceptors (Lipinski definition) is 2. The lowest BCUT2D eigenvalue weighted by molar-refractivity contribution is -0.133. The molecule has 0 radical (unpaired) electrons. The van der Waals surface area contributed by atoms with E-state index in [4.69, 9.17) is 5.11 Å². The van der Waals surface area contributed by atoms with Gasteiger partial charge in [-0.2, -0.15) is 0 Å². The third-order valence-corrected chi connectivity index (χ3v) is 4.52. The van der Waals surface area contributed by atoms with Crippen LogP contribution in [0, 0.1) is 5.82 Å². The lowest BCUT2D eigenvalue weighted by atomic mass is 9.93. The number of carboxylic acid groups (broad SMARTS) is 1. The zero-order chi connectivity index (χ0) is 17.3. The minimum absolute atomic E-state index is 0.0134. The van der Waals surface area contributed by atoms with Gasteiger partial charge in [0.1, 0.15) is 5.82 Å². The van der Waals surface area contributed by atoms with Gasteiger partial charge in [0.15, 0.2) is 0 Å². The second-order valence-electron chi connectivity index (χ2n) is 6.04. The average Bonchev–Trinajstić information content (AvgIpc) is 2.55.